The van der Waals surface area contributed by atoms with Crippen molar-refractivity contribution in [2.24, 2.45) is 12.5 Å². The monoisotopic (exact) mass is 680 g/mol. The van der Waals surface area contributed by atoms with Crippen LogP contribution in [0.15, 0.2) is 59.0 Å². The predicted octanol–water partition coefficient (Wildman–Crippen LogP) is 6.53. The van der Waals surface area contributed by atoms with E-state index >= 15 is 0 Å². The lowest BCUT2D eigenvalue weighted by atomic mass is 9.93. The third-order valence-corrected chi connectivity index (χ3v) is 9.68. The number of methoxy groups -OCH3 is 2. The fourth-order valence-corrected chi connectivity index (χ4v) is 6.95. The number of amides is 2. The smallest absolute Gasteiger partial charge is 0.264 e. The first-order valence-electron chi connectivity index (χ1n) is 17.2. The maximum Gasteiger partial charge on any atom is 0.264 e. The normalized spacial score (nSPS) is 17.0. The molecular formula is C40H48N4O6. The number of ether oxygens (including phenoxy) is 3. The second kappa shape index (κ2) is 14.8. The van der Waals surface area contributed by atoms with E-state index in [1.165, 1.54) is 14.2 Å². The van der Waals surface area contributed by atoms with E-state index in [1.54, 1.807) is 28.8 Å². The number of aryl methyl sites for hydroxylation is 1. The molecule has 0 bridgehead atoms. The number of benzene rings is 2. The van der Waals surface area contributed by atoms with Crippen molar-refractivity contribution in [2.45, 2.75) is 72.4 Å². The van der Waals surface area contributed by atoms with Gasteiger partial charge in [-0.05, 0) is 73.1 Å². The zero-order valence-electron chi connectivity index (χ0n) is 30.5. The van der Waals surface area contributed by atoms with Crippen LogP contribution in [0, 0.1) is 30.6 Å². The summed E-state index contributed by atoms with van der Waals surface area (Å²) in [6.45, 7) is 11.3. The summed E-state index contributed by atoms with van der Waals surface area (Å²) in [4.78, 5) is 43.4. The minimum atomic E-state index is -0.281. The Kier molecular flexibility index (Phi) is 10.8. The molecule has 2 amide bonds. The van der Waals surface area contributed by atoms with E-state index < -0.39 is 0 Å². The minimum absolute atomic E-state index is 0.0520. The Morgan fingerprint density at radius 1 is 0.960 bits per heavy atom. The average molecular weight is 681 g/mol. The van der Waals surface area contributed by atoms with E-state index in [1.807, 2.05) is 75.9 Å². The molecule has 2 aromatic carbocycles. The first kappa shape index (κ1) is 36.2. The number of likely N-dealkylation sites (tertiary alicyclic amines) is 2. The average Bonchev–Trinajstić information content (AvgIpc) is 3.60. The summed E-state index contributed by atoms with van der Waals surface area (Å²) in [7, 11) is 4.79. The van der Waals surface area contributed by atoms with Crippen molar-refractivity contribution in [3.63, 3.8) is 0 Å². The molecule has 264 valence electrons. The number of nitrogens with zero attached hydrogens (tertiary/aromatic N) is 4. The van der Waals surface area contributed by atoms with Gasteiger partial charge in [-0.3, -0.25) is 14.4 Å². The SMILES string of the molecule is COc1cc(-c2cn(C)c(=O)c(C)c2C)cc(OC)c1C(=O)N1CCC(Oc2cccc(C3CCCN3C(=O)/C(C#N)=C\C(C)(C)C)c2)CC1. The maximum atomic E-state index is 13.9. The van der Waals surface area contributed by atoms with Crippen LogP contribution in [0.1, 0.15) is 79.5 Å². The molecule has 2 saturated heterocycles. The molecule has 5 rings (SSSR count). The van der Waals surface area contributed by atoms with Gasteiger partial charge in [-0.2, -0.15) is 5.26 Å². The molecule has 2 aliphatic rings. The van der Waals surface area contributed by atoms with Crippen LogP contribution in [-0.4, -0.2) is 66.1 Å². The van der Waals surface area contributed by atoms with Crippen LogP contribution >= 0.6 is 0 Å². The Labute approximate surface area is 294 Å². The van der Waals surface area contributed by atoms with Gasteiger partial charge < -0.3 is 28.6 Å². The van der Waals surface area contributed by atoms with Crippen LogP contribution in [0.3, 0.4) is 0 Å². The van der Waals surface area contributed by atoms with Crippen LogP contribution in [0.4, 0.5) is 0 Å². The molecule has 1 atom stereocenters. The van der Waals surface area contributed by atoms with Crippen LogP contribution in [-0.2, 0) is 11.8 Å². The fraction of sp³-hybridized carbons (Fsp3) is 0.450. The highest BCUT2D eigenvalue weighted by molar-refractivity contribution is 6.01. The van der Waals surface area contributed by atoms with Crippen molar-refractivity contribution in [1.29, 1.82) is 5.26 Å². The first-order valence-corrected chi connectivity index (χ1v) is 17.2. The zero-order chi connectivity index (χ0) is 36.3. The molecule has 2 fully saturated rings. The van der Waals surface area contributed by atoms with E-state index in [0.717, 1.165) is 40.8 Å². The van der Waals surface area contributed by atoms with Gasteiger partial charge in [-0.15, -0.1) is 0 Å². The zero-order valence-corrected chi connectivity index (χ0v) is 30.5. The van der Waals surface area contributed by atoms with Gasteiger partial charge >= 0.3 is 0 Å². The molecular weight excluding hydrogens is 632 g/mol. The molecule has 3 heterocycles. The number of piperidine rings is 1. The lowest BCUT2D eigenvalue weighted by molar-refractivity contribution is -0.127. The molecule has 1 unspecified atom stereocenters. The van der Waals surface area contributed by atoms with Crippen LogP contribution < -0.4 is 19.8 Å². The standard InChI is InChI=1S/C40H48N4O6/c1-25-26(2)37(45)42(6)24-32(25)28-20-34(48-7)36(35(21-28)49-8)39(47)43-17-14-30(15-18-43)50-31-12-9-11-27(19-31)33-13-10-16-44(33)38(46)29(23-41)22-40(3,4)5/h9,11-12,19-22,24,30,33H,10,13-18H2,1-8H3/b29-22-. The van der Waals surface area contributed by atoms with Crippen molar-refractivity contribution in [1.82, 2.24) is 14.4 Å². The van der Waals surface area contributed by atoms with Crippen molar-refractivity contribution >= 4 is 11.8 Å². The highest BCUT2D eigenvalue weighted by atomic mass is 16.5. The Hall–Kier alpha value is -5.04. The van der Waals surface area contributed by atoms with Crippen molar-refractivity contribution in [2.75, 3.05) is 33.9 Å². The Balaban J connectivity index is 1.28. The molecule has 0 saturated carbocycles. The van der Waals surface area contributed by atoms with E-state index in [0.29, 0.717) is 55.1 Å². The summed E-state index contributed by atoms with van der Waals surface area (Å²) in [6, 6.07) is 13.5. The van der Waals surface area contributed by atoms with Crippen LogP contribution in [0.2, 0.25) is 0 Å². The number of hydrogen-bond acceptors (Lipinski definition) is 7. The molecule has 0 radical (unpaired) electrons. The summed E-state index contributed by atoms with van der Waals surface area (Å²) in [5.74, 6) is 1.12. The Morgan fingerprint density at radius 2 is 1.62 bits per heavy atom. The van der Waals surface area contributed by atoms with Gasteiger partial charge in [0.05, 0.1) is 20.3 Å². The lowest BCUT2D eigenvalue weighted by Crippen LogP contribution is -2.42. The number of carbonyl (C=O) groups is 2. The first-order chi connectivity index (χ1) is 23.8. The van der Waals surface area contributed by atoms with Gasteiger partial charge in [0.2, 0.25) is 0 Å². The third-order valence-electron chi connectivity index (χ3n) is 9.68. The number of allylic oxidation sites excluding steroid dienone is 1. The molecule has 0 spiro atoms. The van der Waals surface area contributed by atoms with Gasteiger partial charge in [0.25, 0.3) is 17.4 Å². The van der Waals surface area contributed by atoms with Gasteiger partial charge in [0, 0.05) is 56.8 Å². The number of carbonyl (C=O) groups excluding carboxylic acids is 2. The van der Waals surface area contributed by atoms with Gasteiger partial charge in [0.1, 0.15) is 40.6 Å². The third kappa shape index (κ3) is 7.57. The van der Waals surface area contributed by atoms with Crippen molar-refractivity contribution < 1.29 is 23.8 Å². The summed E-state index contributed by atoms with van der Waals surface area (Å²) in [5.41, 5.74) is 4.36. The number of pyridine rings is 1. The Morgan fingerprint density at radius 3 is 2.22 bits per heavy atom. The fourth-order valence-electron chi connectivity index (χ4n) is 6.95. The highest BCUT2D eigenvalue weighted by Crippen LogP contribution is 2.38. The molecule has 0 N–H and O–H groups in total. The van der Waals surface area contributed by atoms with Crippen molar-refractivity contribution in [3.05, 3.63) is 86.9 Å². The topological polar surface area (TPSA) is 114 Å². The van der Waals surface area contributed by atoms with E-state index in [2.05, 4.69) is 6.07 Å². The number of aromatic nitrogens is 1. The van der Waals surface area contributed by atoms with Crippen LogP contribution in [0.5, 0.6) is 17.2 Å². The second-order valence-electron chi connectivity index (χ2n) is 14.3. The van der Waals surface area contributed by atoms with E-state index in [4.69, 9.17) is 14.2 Å². The van der Waals surface area contributed by atoms with Gasteiger partial charge in [-0.1, -0.05) is 39.0 Å². The van der Waals surface area contributed by atoms with Crippen molar-refractivity contribution in [3.8, 4) is 34.4 Å². The van der Waals surface area contributed by atoms with E-state index in [-0.39, 0.29) is 40.5 Å². The molecule has 3 aromatic rings. The number of hydrogen-bond donors (Lipinski definition) is 0. The van der Waals surface area contributed by atoms with Gasteiger partial charge in [-0.25, -0.2) is 0 Å². The highest BCUT2D eigenvalue weighted by Gasteiger charge is 2.33. The molecule has 50 heavy (non-hydrogen) atoms. The quantitative estimate of drug-likeness (QED) is 0.196. The lowest BCUT2D eigenvalue weighted by Gasteiger charge is -2.33. The molecule has 0 aliphatic carbocycles. The predicted molar refractivity (Wildman–Crippen MR) is 193 cm³/mol. The van der Waals surface area contributed by atoms with Gasteiger partial charge in [0.15, 0.2) is 0 Å². The second-order valence-corrected chi connectivity index (χ2v) is 14.3. The molecule has 10 nitrogen and oxygen atoms in total. The molecule has 10 heteroatoms. The summed E-state index contributed by atoms with van der Waals surface area (Å²) >= 11 is 0. The Bertz CT molecular complexity index is 1880. The molecule has 1 aromatic heterocycles. The maximum absolute atomic E-state index is 13.9. The number of nitriles is 1. The summed E-state index contributed by atoms with van der Waals surface area (Å²) in [5, 5.41) is 9.73. The van der Waals surface area contributed by atoms with Crippen LogP contribution in [0.25, 0.3) is 11.1 Å². The largest absolute Gasteiger partial charge is 0.496 e. The molecule has 2 aliphatic heterocycles. The number of rotatable bonds is 8. The summed E-state index contributed by atoms with van der Waals surface area (Å²) < 4.78 is 19.5. The summed E-state index contributed by atoms with van der Waals surface area (Å²) in [6.07, 6.45) is 6.44. The minimum Gasteiger partial charge on any atom is -0.496 e. The van der Waals surface area contributed by atoms with E-state index in [9.17, 15) is 19.6 Å².